The maximum absolute atomic E-state index is 13.3. The molecule has 3 nitrogen and oxygen atoms in total. The second-order valence-electron chi connectivity index (χ2n) is 6.53. The highest BCUT2D eigenvalue weighted by Gasteiger charge is 2.42. The largest absolute Gasteiger partial charge is 0.545 e. The first-order valence-electron chi connectivity index (χ1n) is 8.31. The zero-order valence-corrected chi connectivity index (χ0v) is 13.9. The van der Waals surface area contributed by atoms with Crippen LogP contribution in [-0.4, -0.2) is 11.6 Å². The van der Waals surface area contributed by atoms with E-state index in [0.717, 1.165) is 43.9 Å². The molecule has 0 amide bonds. The van der Waals surface area contributed by atoms with E-state index in [1.807, 2.05) is 13.8 Å². The van der Waals surface area contributed by atoms with Gasteiger partial charge in [0.25, 0.3) is 0 Å². The minimum absolute atomic E-state index is 0.0745. The Labute approximate surface area is 139 Å². The summed E-state index contributed by atoms with van der Waals surface area (Å²) in [7, 11) is 0. The van der Waals surface area contributed by atoms with Gasteiger partial charge in [-0.2, -0.15) is 13.2 Å². The monoisotopic (exact) mass is 343 g/mol. The molecular formula is C18H22F3O3-. The molecule has 0 spiro atoms. The van der Waals surface area contributed by atoms with Crippen molar-refractivity contribution in [1.82, 2.24) is 0 Å². The number of aromatic carboxylic acids is 1. The fourth-order valence-electron chi connectivity index (χ4n) is 3.40. The quantitative estimate of drug-likeness (QED) is 0.805. The van der Waals surface area contributed by atoms with Crippen molar-refractivity contribution in [2.75, 3.05) is 0 Å². The number of carboxylic acids is 1. The molecule has 1 fully saturated rings. The molecule has 0 saturated heterocycles. The highest BCUT2D eigenvalue weighted by Crippen LogP contribution is 2.44. The normalized spacial score (nSPS) is 18.9. The third-order valence-electron chi connectivity index (χ3n) is 5.05. The molecular weight excluding hydrogens is 321 g/mol. The van der Waals surface area contributed by atoms with Crippen LogP contribution in [0.1, 0.15) is 68.3 Å². The summed E-state index contributed by atoms with van der Waals surface area (Å²) in [5.74, 6) is -1.85. The van der Waals surface area contributed by atoms with Crippen molar-refractivity contribution in [2.24, 2.45) is 5.92 Å². The molecule has 1 atom stereocenters. The summed E-state index contributed by atoms with van der Waals surface area (Å²) < 4.78 is 45.8. The standard InChI is InChI=1S/C18H23F3O3/c1-3-12(2)17(9-5-4-6-10-17)24-15-11-13(16(22)23)7-8-14(15)18(19,20)21/h7-8,11-12H,3-6,9-10H2,1-2H3,(H,22,23)/p-1. The molecule has 1 unspecified atom stereocenters. The lowest BCUT2D eigenvalue weighted by Gasteiger charge is -2.42. The number of alkyl halides is 3. The van der Waals surface area contributed by atoms with Gasteiger partial charge in [0.1, 0.15) is 11.4 Å². The highest BCUT2D eigenvalue weighted by atomic mass is 19.4. The summed E-state index contributed by atoms with van der Waals surface area (Å²) in [6.07, 6.45) is 0.348. The fourth-order valence-corrected chi connectivity index (χ4v) is 3.40. The van der Waals surface area contributed by atoms with Crippen molar-refractivity contribution in [3.8, 4) is 5.75 Å². The summed E-state index contributed by atoms with van der Waals surface area (Å²) in [4.78, 5) is 11.0. The Morgan fingerprint density at radius 2 is 1.92 bits per heavy atom. The van der Waals surface area contributed by atoms with E-state index in [1.54, 1.807) is 0 Å². The number of hydrogen-bond donors (Lipinski definition) is 0. The van der Waals surface area contributed by atoms with Crippen LogP contribution < -0.4 is 9.84 Å². The molecule has 0 N–H and O–H groups in total. The van der Waals surface area contributed by atoms with Gasteiger partial charge >= 0.3 is 6.18 Å². The molecule has 2 rings (SSSR count). The third-order valence-corrected chi connectivity index (χ3v) is 5.05. The first kappa shape index (κ1) is 18.6. The first-order chi connectivity index (χ1) is 11.2. The molecule has 6 heteroatoms. The molecule has 1 aromatic rings. The Morgan fingerprint density at radius 1 is 1.29 bits per heavy atom. The molecule has 0 bridgehead atoms. The maximum atomic E-state index is 13.3. The number of benzene rings is 1. The minimum Gasteiger partial charge on any atom is -0.545 e. The van der Waals surface area contributed by atoms with Crippen LogP contribution in [0.4, 0.5) is 13.2 Å². The van der Waals surface area contributed by atoms with Crippen LogP contribution in [0.5, 0.6) is 5.75 Å². The van der Waals surface area contributed by atoms with Crippen LogP contribution in [0, 0.1) is 5.92 Å². The van der Waals surface area contributed by atoms with Gasteiger partial charge in [-0.15, -0.1) is 0 Å². The summed E-state index contributed by atoms with van der Waals surface area (Å²) in [5, 5.41) is 11.0. The topological polar surface area (TPSA) is 49.4 Å². The number of rotatable bonds is 5. The summed E-state index contributed by atoms with van der Waals surface area (Å²) in [6, 6.07) is 2.60. The van der Waals surface area contributed by atoms with Crippen molar-refractivity contribution < 1.29 is 27.8 Å². The lowest BCUT2D eigenvalue weighted by atomic mass is 9.75. The van der Waals surface area contributed by atoms with Crippen molar-refractivity contribution in [3.05, 3.63) is 29.3 Å². The number of halogens is 3. The zero-order chi connectivity index (χ0) is 18.0. The van der Waals surface area contributed by atoms with Crippen LogP contribution in [0.3, 0.4) is 0 Å². The van der Waals surface area contributed by atoms with E-state index >= 15 is 0 Å². The predicted molar refractivity (Wildman–Crippen MR) is 81.7 cm³/mol. The van der Waals surface area contributed by atoms with Crippen LogP contribution in [-0.2, 0) is 6.18 Å². The van der Waals surface area contributed by atoms with E-state index in [1.165, 1.54) is 0 Å². The Morgan fingerprint density at radius 3 is 2.42 bits per heavy atom. The fraction of sp³-hybridized carbons (Fsp3) is 0.611. The molecule has 134 valence electrons. The summed E-state index contributed by atoms with van der Waals surface area (Å²) in [5.41, 5.74) is -1.94. The molecule has 1 aliphatic carbocycles. The van der Waals surface area contributed by atoms with Gasteiger partial charge in [-0.25, -0.2) is 0 Å². The van der Waals surface area contributed by atoms with Gasteiger partial charge in [0.2, 0.25) is 0 Å². The van der Waals surface area contributed by atoms with Crippen LogP contribution in [0.2, 0.25) is 0 Å². The molecule has 0 aromatic heterocycles. The summed E-state index contributed by atoms with van der Waals surface area (Å²) >= 11 is 0. The lowest BCUT2D eigenvalue weighted by molar-refractivity contribution is -0.255. The molecule has 0 radical (unpaired) electrons. The van der Waals surface area contributed by atoms with Crippen molar-refractivity contribution in [3.63, 3.8) is 0 Å². The van der Waals surface area contributed by atoms with Crippen molar-refractivity contribution in [2.45, 2.75) is 64.1 Å². The Balaban J connectivity index is 2.47. The van der Waals surface area contributed by atoms with Crippen LogP contribution in [0.25, 0.3) is 0 Å². The number of carbonyl (C=O) groups is 1. The second-order valence-corrected chi connectivity index (χ2v) is 6.53. The van der Waals surface area contributed by atoms with Crippen molar-refractivity contribution >= 4 is 5.97 Å². The SMILES string of the molecule is CCC(C)C1(Oc2cc(C(=O)[O-])ccc2C(F)(F)F)CCCCC1. The van der Waals surface area contributed by atoms with Crippen LogP contribution in [0.15, 0.2) is 18.2 Å². The third kappa shape index (κ3) is 3.84. The maximum Gasteiger partial charge on any atom is 0.419 e. The number of carboxylic acid groups (broad SMARTS) is 1. The average molecular weight is 343 g/mol. The van der Waals surface area contributed by atoms with Gasteiger partial charge in [0.15, 0.2) is 0 Å². The van der Waals surface area contributed by atoms with E-state index in [-0.39, 0.29) is 11.5 Å². The Hall–Kier alpha value is -1.72. The lowest BCUT2D eigenvalue weighted by Crippen LogP contribution is -2.44. The van der Waals surface area contributed by atoms with Gasteiger partial charge in [-0.3, -0.25) is 0 Å². The van der Waals surface area contributed by atoms with E-state index in [4.69, 9.17) is 4.74 Å². The van der Waals surface area contributed by atoms with Crippen molar-refractivity contribution in [1.29, 1.82) is 0 Å². The Bertz CT molecular complexity index is 590. The molecule has 0 aliphatic heterocycles. The molecule has 0 heterocycles. The molecule has 24 heavy (non-hydrogen) atoms. The van der Waals surface area contributed by atoms with Gasteiger partial charge in [0.05, 0.1) is 11.5 Å². The van der Waals surface area contributed by atoms with E-state index in [2.05, 4.69) is 0 Å². The molecule has 1 aliphatic rings. The zero-order valence-electron chi connectivity index (χ0n) is 13.9. The number of ether oxygens (including phenoxy) is 1. The smallest absolute Gasteiger partial charge is 0.419 e. The predicted octanol–water partition coefficient (Wildman–Crippen LogP) is 4.20. The van der Waals surface area contributed by atoms with Crippen LogP contribution >= 0.6 is 0 Å². The summed E-state index contributed by atoms with van der Waals surface area (Å²) in [6.45, 7) is 3.95. The number of carbonyl (C=O) groups excluding carboxylic acids is 1. The van der Waals surface area contributed by atoms with E-state index in [0.29, 0.717) is 12.8 Å². The molecule has 1 aromatic carbocycles. The second kappa shape index (κ2) is 7.03. The van der Waals surface area contributed by atoms with Gasteiger partial charge in [-0.05, 0) is 50.2 Å². The van der Waals surface area contributed by atoms with Gasteiger partial charge in [0, 0.05) is 5.56 Å². The highest BCUT2D eigenvalue weighted by molar-refractivity contribution is 5.86. The first-order valence-corrected chi connectivity index (χ1v) is 8.31. The average Bonchev–Trinajstić information content (AvgIpc) is 2.53. The molecule has 1 saturated carbocycles. The minimum atomic E-state index is -4.61. The van der Waals surface area contributed by atoms with E-state index < -0.39 is 29.1 Å². The number of hydrogen-bond acceptors (Lipinski definition) is 3. The van der Waals surface area contributed by atoms with E-state index in [9.17, 15) is 23.1 Å². The van der Waals surface area contributed by atoms with Gasteiger partial charge in [-0.1, -0.05) is 26.3 Å². The Kier molecular flexibility index (Phi) is 5.45. The van der Waals surface area contributed by atoms with Gasteiger partial charge < -0.3 is 14.6 Å².